The van der Waals surface area contributed by atoms with Gasteiger partial charge in [0.1, 0.15) is 12.8 Å². The summed E-state index contributed by atoms with van der Waals surface area (Å²) in [5.74, 6) is 5.07. The third-order valence-corrected chi connectivity index (χ3v) is 2.28. The Morgan fingerprint density at radius 2 is 2.11 bits per heavy atom. The first-order valence-electron chi connectivity index (χ1n) is 5.35. The molecule has 2 aromatic rings. The van der Waals surface area contributed by atoms with Gasteiger partial charge < -0.3 is 4.74 Å². The average Bonchev–Trinajstić information content (AvgIpc) is 2.45. The lowest BCUT2D eigenvalue weighted by Crippen LogP contribution is -2.12. The van der Waals surface area contributed by atoms with Crippen LogP contribution in [0.4, 0.5) is 11.6 Å². The Morgan fingerprint density at radius 1 is 1.37 bits per heavy atom. The molecular formula is C11H11N5O3. The molecule has 8 heteroatoms. The summed E-state index contributed by atoms with van der Waals surface area (Å²) in [6.07, 6.45) is 1.04. The normalized spacial score (nSPS) is 9.95. The van der Waals surface area contributed by atoms with Crippen molar-refractivity contribution in [2.75, 3.05) is 5.43 Å². The Hall–Kier alpha value is -2.74. The minimum absolute atomic E-state index is 0.0497. The molecule has 0 saturated carbocycles. The van der Waals surface area contributed by atoms with Crippen molar-refractivity contribution in [1.29, 1.82) is 0 Å². The molecule has 8 nitrogen and oxygen atoms in total. The Labute approximate surface area is 108 Å². The van der Waals surface area contributed by atoms with Crippen molar-refractivity contribution in [2.45, 2.75) is 6.61 Å². The number of aromatic nitrogens is 2. The van der Waals surface area contributed by atoms with Crippen LogP contribution in [0.1, 0.15) is 5.56 Å². The maximum atomic E-state index is 10.8. The summed E-state index contributed by atoms with van der Waals surface area (Å²) in [4.78, 5) is 17.7. The van der Waals surface area contributed by atoms with Crippen molar-refractivity contribution < 1.29 is 9.66 Å². The van der Waals surface area contributed by atoms with Gasteiger partial charge in [-0.2, -0.15) is 4.98 Å². The third-order valence-electron chi connectivity index (χ3n) is 2.28. The van der Waals surface area contributed by atoms with Crippen LogP contribution >= 0.6 is 0 Å². The largest absolute Gasteiger partial charge is 0.468 e. The Bertz CT molecular complexity index is 576. The topological polar surface area (TPSA) is 116 Å². The van der Waals surface area contributed by atoms with E-state index >= 15 is 0 Å². The van der Waals surface area contributed by atoms with Gasteiger partial charge in [-0.25, -0.2) is 10.8 Å². The summed E-state index contributed by atoms with van der Waals surface area (Å²) in [6.45, 7) is 0.169. The molecule has 0 saturated heterocycles. The summed E-state index contributed by atoms with van der Waals surface area (Å²) in [7, 11) is 0. The first-order chi connectivity index (χ1) is 9.20. The quantitative estimate of drug-likeness (QED) is 0.472. The second-order valence-electron chi connectivity index (χ2n) is 3.56. The van der Waals surface area contributed by atoms with Crippen LogP contribution in [0.3, 0.4) is 0 Å². The van der Waals surface area contributed by atoms with Crippen LogP contribution in [-0.4, -0.2) is 14.9 Å². The minimum Gasteiger partial charge on any atom is -0.468 e. The van der Waals surface area contributed by atoms with Gasteiger partial charge in [-0.1, -0.05) is 30.3 Å². The molecule has 2 rings (SSSR count). The first-order valence-corrected chi connectivity index (χ1v) is 5.35. The van der Waals surface area contributed by atoms with Gasteiger partial charge in [-0.05, 0) is 5.56 Å². The molecule has 0 aliphatic heterocycles. The van der Waals surface area contributed by atoms with Crippen LogP contribution < -0.4 is 16.0 Å². The molecule has 1 heterocycles. The van der Waals surface area contributed by atoms with Crippen LogP contribution in [0.15, 0.2) is 36.5 Å². The number of nitrogens with one attached hydrogen (secondary N) is 1. The second kappa shape index (κ2) is 5.74. The Morgan fingerprint density at radius 3 is 2.74 bits per heavy atom. The van der Waals surface area contributed by atoms with E-state index in [0.29, 0.717) is 0 Å². The van der Waals surface area contributed by atoms with E-state index in [2.05, 4.69) is 15.4 Å². The van der Waals surface area contributed by atoms with Gasteiger partial charge in [0.25, 0.3) is 5.88 Å². The van der Waals surface area contributed by atoms with Gasteiger partial charge in [0, 0.05) is 0 Å². The summed E-state index contributed by atoms with van der Waals surface area (Å²) >= 11 is 0. The van der Waals surface area contributed by atoms with Crippen LogP contribution in [0.2, 0.25) is 0 Å². The molecule has 0 unspecified atom stereocenters. The number of hydrazine groups is 1. The zero-order valence-corrected chi connectivity index (χ0v) is 9.81. The molecule has 0 aliphatic carbocycles. The van der Waals surface area contributed by atoms with Gasteiger partial charge in [0.15, 0.2) is 0 Å². The first kappa shape index (κ1) is 12.7. The van der Waals surface area contributed by atoms with E-state index in [1.807, 2.05) is 30.3 Å². The number of nitrogens with zero attached hydrogens (tertiary/aromatic N) is 3. The summed E-state index contributed by atoms with van der Waals surface area (Å²) < 4.78 is 5.34. The maximum absolute atomic E-state index is 10.8. The fraction of sp³-hybridized carbons (Fsp3) is 0.0909. The van der Waals surface area contributed by atoms with E-state index in [9.17, 15) is 10.1 Å². The van der Waals surface area contributed by atoms with Crippen molar-refractivity contribution in [3.05, 3.63) is 52.2 Å². The molecule has 0 spiro atoms. The number of hydrogen-bond acceptors (Lipinski definition) is 7. The third kappa shape index (κ3) is 3.13. The highest BCUT2D eigenvalue weighted by atomic mass is 16.6. The van der Waals surface area contributed by atoms with Crippen molar-refractivity contribution >= 4 is 11.6 Å². The number of nitro groups is 1. The zero-order chi connectivity index (χ0) is 13.7. The smallest absolute Gasteiger partial charge is 0.349 e. The van der Waals surface area contributed by atoms with Crippen molar-refractivity contribution in [1.82, 2.24) is 9.97 Å². The molecule has 0 fully saturated rings. The lowest BCUT2D eigenvalue weighted by atomic mass is 10.2. The van der Waals surface area contributed by atoms with E-state index < -0.39 is 4.92 Å². The highest BCUT2D eigenvalue weighted by Crippen LogP contribution is 2.24. The van der Waals surface area contributed by atoms with Crippen molar-refractivity contribution in [3.63, 3.8) is 0 Å². The van der Waals surface area contributed by atoms with Crippen molar-refractivity contribution in [2.24, 2.45) is 5.84 Å². The van der Waals surface area contributed by atoms with Crippen molar-refractivity contribution in [3.8, 4) is 5.88 Å². The Kier molecular flexibility index (Phi) is 3.84. The number of benzene rings is 1. The molecule has 0 aliphatic rings. The van der Waals surface area contributed by atoms with Gasteiger partial charge in [-0.15, -0.1) is 0 Å². The fourth-order valence-corrected chi connectivity index (χ4v) is 1.39. The lowest BCUT2D eigenvalue weighted by molar-refractivity contribution is -0.386. The fourth-order valence-electron chi connectivity index (χ4n) is 1.39. The molecule has 0 amide bonds. The van der Waals surface area contributed by atoms with E-state index in [-0.39, 0.29) is 24.1 Å². The minimum atomic E-state index is -0.610. The lowest BCUT2D eigenvalue weighted by Gasteiger charge is -2.06. The van der Waals surface area contributed by atoms with Gasteiger partial charge >= 0.3 is 5.69 Å². The van der Waals surface area contributed by atoms with Crippen LogP contribution in [0.5, 0.6) is 5.88 Å². The predicted octanol–water partition coefficient (Wildman–Crippen LogP) is 1.25. The van der Waals surface area contributed by atoms with Gasteiger partial charge in [0.05, 0.1) is 4.92 Å². The second-order valence-corrected chi connectivity index (χ2v) is 3.56. The summed E-state index contributed by atoms with van der Waals surface area (Å²) in [5.41, 5.74) is 2.77. The van der Waals surface area contributed by atoms with E-state index in [4.69, 9.17) is 10.6 Å². The zero-order valence-electron chi connectivity index (χ0n) is 9.81. The molecule has 1 aromatic heterocycles. The molecule has 1 aromatic carbocycles. The highest BCUT2D eigenvalue weighted by molar-refractivity contribution is 5.42. The van der Waals surface area contributed by atoms with E-state index in [1.165, 1.54) is 0 Å². The van der Waals surface area contributed by atoms with Gasteiger partial charge in [-0.3, -0.25) is 15.5 Å². The monoisotopic (exact) mass is 261 g/mol. The maximum Gasteiger partial charge on any atom is 0.349 e. The molecule has 0 radical (unpaired) electrons. The molecule has 0 bridgehead atoms. The van der Waals surface area contributed by atoms with Crippen LogP contribution in [0.25, 0.3) is 0 Å². The number of anilines is 1. The number of nitrogen functional groups attached to an aromatic ring is 1. The Balaban J connectivity index is 2.20. The number of nitrogens with two attached hydrogens (primary N) is 1. The number of hydrogen-bond donors (Lipinski definition) is 2. The SMILES string of the molecule is NNc1ncc([N+](=O)[O-])c(OCc2ccccc2)n1. The molecule has 19 heavy (non-hydrogen) atoms. The molecule has 0 atom stereocenters. The average molecular weight is 261 g/mol. The summed E-state index contributed by atoms with van der Waals surface area (Å²) in [5, 5.41) is 10.8. The van der Waals surface area contributed by atoms with Crippen LogP contribution in [-0.2, 0) is 6.61 Å². The standard InChI is InChI=1S/C11H11N5O3/c12-15-11-13-6-9(16(17)18)10(14-11)19-7-8-4-2-1-3-5-8/h1-6H,7,12H2,(H,13,14,15). The van der Waals surface area contributed by atoms with E-state index in [0.717, 1.165) is 11.8 Å². The van der Waals surface area contributed by atoms with Crippen LogP contribution in [0, 0.1) is 10.1 Å². The predicted molar refractivity (Wildman–Crippen MR) is 67.3 cm³/mol. The molecular weight excluding hydrogens is 250 g/mol. The van der Waals surface area contributed by atoms with Gasteiger partial charge in [0.2, 0.25) is 5.95 Å². The molecule has 3 N–H and O–H groups in total. The highest BCUT2D eigenvalue weighted by Gasteiger charge is 2.18. The molecule has 98 valence electrons. The summed E-state index contributed by atoms with van der Waals surface area (Å²) in [6, 6.07) is 9.25. The number of rotatable bonds is 5. The number of ether oxygens (including phenoxy) is 1. The van der Waals surface area contributed by atoms with E-state index in [1.54, 1.807) is 0 Å².